The quantitative estimate of drug-likeness (QED) is 0.0580. The van der Waals surface area contributed by atoms with E-state index in [1.807, 2.05) is 0 Å². The third kappa shape index (κ3) is 20.1. The zero-order chi connectivity index (χ0) is 33.0. The first-order valence-corrected chi connectivity index (χ1v) is 19.3. The number of aliphatic hydroxyl groups excluding tert-OH is 3. The molecule has 5 atom stereocenters. The van der Waals surface area contributed by atoms with Crippen LogP contribution in [0.2, 0.25) is 0 Å². The molecule has 0 aromatic rings. The lowest BCUT2D eigenvalue weighted by Crippen LogP contribution is -2.67. The summed E-state index contributed by atoms with van der Waals surface area (Å²) in [6.07, 6.45) is 27.4. The van der Waals surface area contributed by atoms with E-state index in [-0.39, 0.29) is 0 Å². The van der Waals surface area contributed by atoms with Gasteiger partial charge >= 0.3 is 6.09 Å². The molecule has 0 saturated carbocycles. The first-order valence-electron chi connectivity index (χ1n) is 19.3. The Kier molecular flexibility index (Phi) is 27.3. The van der Waals surface area contributed by atoms with E-state index < -0.39 is 43.3 Å². The summed E-state index contributed by atoms with van der Waals surface area (Å²) in [4.78, 5) is 14.6. The van der Waals surface area contributed by atoms with Gasteiger partial charge in [-0.05, 0) is 12.8 Å². The number of hydrogen-bond acceptors (Lipinski definition) is 7. The topological polar surface area (TPSA) is 125 Å². The van der Waals surface area contributed by atoms with E-state index in [2.05, 4.69) is 13.8 Å². The molecule has 0 unspecified atom stereocenters. The van der Waals surface area contributed by atoms with Crippen molar-refractivity contribution in [1.29, 1.82) is 0 Å². The standard InChI is InChI=1S/C37H74N2O6/c1-3-5-7-9-11-13-15-16-17-18-19-20-22-24-26-28-30-44-37(43)39(29-27-25-23-21-14-12-10-8-6-4-2)36-33(38)35(42)34(41)32(31-40)45-36/h32-36,40-42H,3-31,38H2,1-2H3/t32-,33-,34+,35-,36-/m1/s1. The van der Waals surface area contributed by atoms with Crippen molar-refractivity contribution >= 4 is 6.09 Å². The van der Waals surface area contributed by atoms with Gasteiger partial charge in [0.15, 0.2) is 6.23 Å². The molecule has 0 spiro atoms. The number of carbonyl (C=O) groups is 1. The highest BCUT2D eigenvalue weighted by Crippen LogP contribution is 2.24. The van der Waals surface area contributed by atoms with Crippen LogP contribution in [0, 0.1) is 0 Å². The zero-order valence-electron chi connectivity index (χ0n) is 29.5. The van der Waals surface area contributed by atoms with Gasteiger partial charge in [0.2, 0.25) is 0 Å². The number of carbonyl (C=O) groups excluding carboxylic acids is 1. The first-order chi connectivity index (χ1) is 22.0. The van der Waals surface area contributed by atoms with Crippen LogP contribution >= 0.6 is 0 Å². The number of unbranched alkanes of at least 4 members (excludes halogenated alkanes) is 24. The number of aliphatic hydroxyl groups is 3. The number of ether oxygens (including phenoxy) is 2. The van der Waals surface area contributed by atoms with Crippen molar-refractivity contribution in [3.63, 3.8) is 0 Å². The smallest absolute Gasteiger partial charge is 0.411 e. The predicted octanol–water partition coefficient (Wildman–Crippen LogP) is 8.37. The van der Waals surface area contributed by atoms with Crippen LogP contribution in [0.3, 0.4) is 0 Å². The number of amides is 1. The fourth-order valence-corrected chi connectivity index (χ4v) is 6.38. The summed E-state index contributed by atoms with van der Waals surface area (Å²) in [5.41, 5.74) is 6.22. The monoisotopic (exact) mass is 643 g/mol. The Balaban J connectivity index is 2.28. The van der Waals surface area contributed by atoms with E-state index in [1.54, 1.807) is 0 Å². The second-order valence-corrected chi connectivity index (χ2v) is 13.6. The molecule has 1 heterocycles. The highest BCUT2D eigenvalue weighted by Gasteiger charge is 2.46. The van der Waals surface area contributed by atoms with E-state index in [0.717, 1.165) is 38.5 Å². The van der Waals surface area contributed by atoms with Crippen molar-refractivity contribution in [1.82, 2.24) is 4.90 Å². The van der Waals surface area contributed by atoms with Crippen LogP contribution in [-0.4, -0.2) is 76.7 Å². The molecule has 0 radical (unpaired) electrons. The van der Waals surface area contributed by atoms with Gasteiger partial charge < -0.3 is 30.5 Å². The van der Waals surface area contributed by atoms with Gasteiger partial charge in [0, 0.05) is 6.54 Å². The van der Waals surface area contributed by atoms with Crippen molar-refractivity contribution in [3.8, 4) is 0 Å². The van der Waals surface area contributed by atoms with Crippen molar-refractivity contribution in [2.45, 2.75) is 211 Å². The maximum Gasteiger partial charge on any atom is 0.411 e. The summed E-state index contributed by atoms with van der Waals surface area (Å²) < 4.78 is 11.5. The molecule has 0 aromatic carbocycles. The summed E-state index contributed by atoms with van der Waals surface area (Å²) in [7, 11) is 0. The maximum atomic E-state index is 13.2. The molecule has 268 valence electrons. The molecule has 45 heavy (non-hydrogen) atoms. The van der Waals surface area contributed by atoms with Crippen molar-refractivity contribution in [2.75, 3.05) is 19.8 Å². The lowest BCUT2D eigenvalue weighted by atomic mass is 9.96. The molecule has 1 rings (SSSR count). The highest BCUT2D eigenvalue weighted by atomic mass is 16.6. The van der Waals surface area contributed by atoms with E-state index >= 15 is 0 Å². The van der Waals surface area contributed by atoms with Gasteiger partial charge in [-0.2, -0.15) is 0 Å². The van der Waals surface area contributed by atoms with E-state index in [1.165, 1.54) is 133 Å². The second kappa shape index (κ2) is 29.2. The van der Waals surface area contributed by atoms with Gasteiger partial charge in [0.1, 0.15) is 18.3 Å². The molecular formula is C37H74N2O6. The van der Waals surface area contributed by atoms with Crippen molar-refractivity contribution < 1.29 is 29.6 Å². The maximum absolute atomic E-state index is 13.2. The normalized spacial score (nSPS) is 21.7. The molecule has 0 aromatic heterocycles. The fourth-order valence-electron chi connectivity index (χ4n) is 6.38. The van der Waals surface area contributed by atoms with Gasteiger partial charge in [-0.1, -0.05) is 168 Å². The minimum atomic E-state index is -1.30. The van der Waals surface area contributed by atoms with Crippen LogP contribution < -0.4 is 5.73 Å². The molecule has 1 saturated heterocycles. The Labute approximate surface area is 277 Å². The van der Waals surface area contributed by atoms with Gasteiger partial charge in [0.05, 0.1) is 19.3 Å². The number of nitrogens with zero attached hydrogens (tertiary/aromatic N) is 1. The molecule has 8 nitrogen and oxygen atoms in total. The van der Waals surface area contributed by atoms with Crippen LogP contribution in [0.1, 0.15) is 181 Å². The summed E-state index contributed by atoms with van der Waals surface area (Å²) in [6.45, 7) is 4.77. The van der Waals surface area contributed by atoms with Crippen LogP contribution in [0.25, 0.3) is 0 Å². The summed E-state index contributed by atoms with van der Waals surface area (Å²) >= 11 is 0. The number of rotatable bonds is 30. The minimum Gasteiger partial charge on any atom is -0.449 e. The van der Waals surface area contributed by atoms with Crippen LogP contribution in [0.5, 0.6) is 0 Å². The van der Waals surface area contributed by atoms with Crippen LogP contribution in [0.15, 0.2) is 0 Å². The zero-order valence-corrected chi connectivity index (χ0v) is 29.5. The lowest BCUT2D eigenvalue weighted by Gasteiger charge is -2.44. The predicted molar refractivity (Wildman–Crippen MR) is 185 cm³/mol. The SMILES string of the molecule is CCCCCCCCCCCCCCCCCCOC(=O)N(CCCCCCCCCCCC)[C@@H]1O[C@H](CO)[C@H](O)[C@H](O)[C@H]1N. The number of hydrogen-bond donors (Lipinski definition) is 4. The third-order valence-electron chi connectivity index (χ3n) is 9.47. The Hall–Kier alpha value is -0.930. The average molecular weight is 643 g/mol. The third-order valence-corrected chi connectivity index (χ3v) is 9.47. The summed E-state index contributed by atoms with van der Waals surface area (Å²) in [5, 5.41) is 30.4. The lowest BCUT2D eigenvalue weighted by molar-refractivity contribution is -0.221. The molecule has 1 amide bonds. The fraction of sp³-hybridized carbons (Fsp3) is 0.973. The van der Waals surface area contributed by atoms with E-state index in [0.29, 0.717) is 13.2 Å². The molecule has 5 N–H and O–H groups in total. The molecule has 1 aliphatic heterocycles. The largest absolute Gasteiger partial charge is 0.449 e. The summed E-state index contributed by atoms with van der Waals surface area (Å²) in [6, 6.07) is -0.992. The molecule has 1 aliphatic rings. The van der Waals surface area contributed by atoms with Gasteiger partial charge in [0.25, 0.3) is 0 Å². The van der Waals surface area contributed by atoms with Crippen LogP contribution in [-0.2, 0) is 9.47 Å². The Morgan fingerprint density at radius 1 is 0.622 bits per heavy atom. The average Bonchev–Trinajstić information content (AvgIpc) is 3.04. The second-order valence-electron chi connectivity index (χ2n) is 13.6. The summed E-state index contributed by atoms with van der Waals surface area (Å²) in [5.74, 6) is 0. The molecule has 1 fully saturated rings. The Morgan fingerprint density at radius 2 is 1.00 bits per heavy atom. The van der Waals surface area contributed by atoms with Gasteiger partial charge in [-0.25, -0.2) is 4.79 Å². The highest BCUT2D eigenvalue weighted by molar-refractivity contribution is 5.68. The molecule has 0 aliphatic carbocycles. The minimum absolute atomic E-state index is 0.336. The Bertz CT molecular complexity index is 667. The van der Waals surface area contributed by atoms with Gasteiger partial charge in [-0.15, -0.1) is 0 Å². The van der Waals surface area contributed by atoms with Crippen LogP contribution in [0.4, 0.5) is 4.79 Å². The number of nitrogens with two attached hydrogens (primary N) is 1. The Morgan fingerprint density at radius 3 is 1.40 bits per heavy atom. The molecule has 8 heteroatoms. The van der Waals surface area contributed by atoms with E-state index in [4.69, 9.17) is 15.2 Å². The van der Waals surface area contributed by atoms with Gasteiger partial charge in [-0.3, -0.25) is 4.90 Å². The van der Waals surface area contributed by atoms with E-state index in [9.17, 15) is 20.1 Å². The molecular weight excluding hydrogens is 568 g/mol. The first kappa shape index (κ1) is 42.1. The van der Waals surface area contributed by atoms with Crippen molar-refractivity contribution in [3.05, 3.63) is 0 Å². The van der Waals surface area contributed by atoms with Crippen molar-refractivity contribution in [2.24, 2.45) is 5.73 Å². The molecule has 0 bridgehead atoms.